The Morgan fingerprint density at radius 1 is 1.47 bits per heavy atom. The molecule has 0 rings (SSSR count). The Balaban J connectivity index is 4.18. The SMILES string of the molecule is CCCCC(C)OC(=O)C(Cl)(Cl)C(=O)O. The predicted octanol–water partition coefficient (Wildman–Crippen LogP) is 2.37. The van der Waals surface area contributed by atoms with Gasteiger partial charge in [0, 0.05) is 0 Å². The van der Waals surface area contributed by atoms with Crippen molar-refractivity contribution >= 4 is 35.1 Å². The van der Waals surface area contributed by atoms with E-state index in [1.165, 1.54) is 0 Å². The first-order valence-corrected chi connectivity index (χ1v) is 5.40. The van der Waals surface area contributed by atoms with Gasteiger partial charge in [-0.25, -0.2) is 9.59 Å². The maximum absolute atomic E-state index is 11.2. The summed E-state index contributed by atoms with van der Waals surface area (Å²) in [5, 5.41) is 8.54. The molecule has 0 aromatic carbocycles. The number of carbonyl (C=O) groups is 2. The monoisotopic (exact) mass is 256 g/mol. The molecule has 0 bridgehead atoms. The van der Waals surface area contributed by atoms with Crippen LogP contribution in [0, 0.1) is 0 Å². The third kappa shape index (κ3) is 4.71. The van der Waals surface area contributed by atoms with Crippen molar-refractivity contribution in [2.45, 2.75) is 43.5 Å². The van der Waals surface area contributed by atoms with Crippen LogP contribution in [0.25, 0.3) is 0 Å². The fourth-order valence-corrected chi connectivity index (χ4v) is 0.984. The largest absolute Gasteiger partial charge is 0.479 e. The summed E-state index contributed by atoms with van der Waals surface area (Å²) in [4.78, 5) is 21.7. The van der Waals surface area contributed by atoms with Gasteiger partial charge >= 0.3 is 16.3 Å². The minimum atomic E-state index is -2.51. The van der Waals surface area contributed by atoms with E-state index >= 15 is 0 Å². The Kier molecular flexibility index (Phi) is 5.98. The van der Waals surface area contributed by atoms with E-state index in [4.69, 9.17) is 33.0 Å². The smallest absolute Gasteiger partial charge is 0.354 e. The van der Waals surface area contributed by atoms with Gasteiger partial charge in [-0.05, 0) is 13.3 Å². The number of halogens is 2. The minimum Gasteiger partial charge on any atom is -0.479 e. The Labute approximate surface area is 98.5 Å². The van der Waals surface area contributed by atoms with Crippen LogP contribution in [0.1, 0.15) is 33.1 Å². The van der Waals surface area contributed by atoms with Gasteiger partial charge in [0.05, 0.1) is 6.10 Å². The van der Waals surface area contributed by atoms with Gasteiger partial charge in [-0.3, -0.25) is 0 Å². The average molecular weight is 257 g/mol. The van der Waals surface area contributed by atoms with E-state index in [0.717, 1.165) is 12.8 Å². The van der Waals surface area contributed by atoms with E-state index in [1.807, 2.05) is 6.92 Å². The topological polar surface area (TPSA) is 63.6 Å². The van der Waals surface area contributed by atoms with Gasteiger partial charge in [-0.2, -0.15) is 0 Å². The Bertz CT molecular complexity index is 240. The maximum Gasteiger partial charge on any atom is 0.354 e. The van der Waals surface area contributed by atoms with Crippen molar-refractivity contribution in [1.29, 1.82) is 0 Å². The molecule has 1 unspecified atom stereocenters. The summed E-state index contributed by atoms with van der Waals surface area (Å²) in [6, 6.07) is 0. The predicted molar refractivity (Wildman–Crippen MR) is 57.2 cm³/mol. The van der Waals surface area contributed by atoms with Crippen molar-refractivity contribution in [2.24, 2.45) is 0 Å². The summed E-state index contributed by atoms with van der Waals surface area (Å²) < 4.78 is 2.28. The highest BCUT2D eigenvalue weighted by atomic mass is 35.5. The molecule has 0 spiro atoms. The molecular formula is C9H14Cl2O4. The number of hydrogen-bond donors (Lipinski definition) is 1. The summed E-state index contributed by atoms with van der Waals surface area (Å²) in [5.41, 5.74) is 0. The third-order valence-electron chi connectivity index (χ3n) is 1.80. The number of carboxylic acids is 1. The van der Waals surface area contributed by atoms with Gasteiger partial charge in [0.15, 0.2) is 0 Å². The molecule has 0 heterocycles. The lowest BCUT2D eigenvalue weighted by Gasteiger charge is -2.17. The summed E-state index contributed by atoms with van der Waals surface area (Å²) in [6.45, 7) is 3.67. The molecule has 0 aromatic heterocycles. The van der Waals surface area contributed by atoms with Gasteiger partial charge in [0.2, 0.25) is 0 Å². The average Bonchev–Trinajstić information content (AvgIpc) is 2.14. The number of alkyl halides is 2. The number of unbranched alkanes of at least 4 members (excludes halogenated alkanes) is 1. The van der Waals surface area contributed by atoms with Gasteiger partial charge in [0.25, 0.3) is 0 Å². The molecule has 0 saturated heterocycles. The zero-order valence-electron chi connectivity index (χ0n) is 8.63. The highest BCUT2D eigenvalue weighted by Gasteiger charge is 2.44. The quantitative estimate of drug-likeness (QED) is 0.450. The highest BCUT2D eigenvalue weighted by Crippen LogP contribution is 2.24. The Morgan fingerprint density at radius 2 is 2.00 bits per heavy atom. The van der Waals surface area contributed by atoms with E-state index in [9.17, 15) is 9.59 Å². The first kappa shape index (κ1) is 14.5. The van der Waals surface area contributed by atoms with Crippen LogP contribution < -0.4 is 0 Å². The van der Waals surface area contributed by atoms with Crippen molar-refractivity contribution in [3.8, 4) is 0 Å². The Hall–Kier alpha value is -0.480. The normalized spacial score (nSPS) is 13.3. The fourth-order valence-electron chi connectivity index (χ4n) is 0.895. The highest BCUT2D eigenvalue weighted by molar-refractivity contribution is 6.66. The number of carbonyl (C=O) groups excluding carboxylic acids is 1. The molecule has 1 N–H and O–H groups in total. The second-order valence-corrected chi connectivity index (χ2v) is 4.57. The number of carboxylic acid groups (broad SMARTS) is 1. The number of rotatable bonds is 6. The fraction of sp³-hybridized carbons (Fsp3) is 0.778. The maximum atomic E-state index is 11.2. The van der Waals surface area contributed by atoms with Crippen molar-refractivity contribution in [1.82, 2.24) is 0 Å². The molecule has 1 atom stereocenters. The van der Waals surface area contributed by atoms with Crippen molar-refractivity contribution < 1.29 is 19.4 Å². The summed E-state index contributed by atoms with van der Waals surface area (Å²) >= 11 is 10.6. The van der Waals surface area contributed by atoms with Crippen LogP contribution in [0.5, 0.6) is 0 Å². The Morgan fingerprint density at radius 3 is 2.40 bits per heavy atom. The van der Waals surface area contributed by atoms with Gasteiger partial charge in [-0.1, -0.05) is 43.0 Å². The first-order valence-electron chi connectivity index (χ1n) is 4.64. The lowest BCUT2D eigenvalue weighted by atomic mass is 10.2. The molecule has 0 aliphatic rings. The molecule has 0 aromatic rings. The molecular weight excluding hydrogens is 243 g/mol. The van der Waals surface area contributed by atoms with E-state index < -0.39 is 16.3 Å². The summed E-state index contributed by atoms with van der Waals surface area (Å²) in [5.74, 6) is -2.76. The number of aliphatic carboxylic acids is 1. The molecule has 0 aliphatic heterocycles. The van der Waals surface area contributed by atoms with Crippen LogP contribution in [0.3, 0.4) is 0 Å². The van der Waals surface area contributed by atoms with E-state index in [1.54, 1.807) is 6.92 Å². The molecule has 88 valence electrons. The molecule has 0 aliphatic carbocycles. The van der Waals surface area contributed by atoms with Crippen LogP contribution in [0.2, 0.25) is 0 Å². The number of ether oxygens (including phenoxy) is 1. The first-order chi connectivity index (χ1) is 6.82. The van der Waals surface area contributed by atoms with Crippen LogP contribution in [-0.2, 0) is 14.3 Å². The summed E-state index contributed by atoms with van der Waals surface area (Å²) in [7, 11) is 0. The molecule has 0 amide bonds. The number of hydrogen-bond acceptors (Lipinski definition) is 3. The lowest BCUT2D eigenvalue weighted by molar-refractivity contribution is -0.156. The van der Waals surface area contributed by atoms with Gasteiger partial charge in [0.1, 0.15) is 0 Å². The zero-order chi connectivity index (χ0) is 12.1. The van der Waals surface area contributed by atoms with Gasteiger partial charge < -0.3 is 9.84 Å². The van der Waals surface area contributed by atoms with Crippen molar-refractivity contribution in [3.05, 3.63) is 0 Å². The minimum absolute atomic E-state index is 0.381. The van der Waals surface area contributed by atoms with Crippen LogP contribution in [-0.4, -0.2) is 27.5 Å². The molecule has 4 nitrogen and oxygen atoms in total. The molecule has 0 saturated carbocycles. The molecule has 0 fully saturated rings. The van der Waals surface area contributed by atoms with E-state index in [0.29, 0.717) is 6.42 Å². The molecule has 0 radical (unpaired) electrons. The van der Waals surface area contributed by atoms with Gasteiger partial charge in [-0.15, -0.1) is 0 Å². The summed E-state index contributed by atoms with van der Waals surface area (Å²) in [6.07, 6.45) is 2.13. The van der Waals surface area contributed by atoms with Crippen molar-refractivity contribution in [2.75, 3.05) is 0 Å². The molecule has 6 heteroatoms. The van der Waals surface area contributed by atoms with Crippen LogP contribution in [0.4, 0.5) is 0 Å². The van der Waals surface area contributed by atoms with Crippen molar-refractivity contribution in [3.63, 3.8) is 0 Å². The van der Waals surface area contributed by atoms with Crippen LogP contribution >= 0.6 is 23.2 Å². The third-order valence-corrected chi connectivity index (χ3v) is 2.43. The zero-order valence-corrected chi connectivity index (χ0v) is 10.1. The second kappa shape index (κ2) is 6.18. The van der Waals surface area contributed by atoms with Crippen LogP contribution in [0.15, 0.2) is 0 Å². The number of esters is 1. The standard InChI is InChI=1S/C9H14Cl2O4/c1-3-4-5-6(2)15-8(14)9(10,11)7(12)13/h6H,3-5H2,1-2H3,(H,12,13). The van der Waals surface area contributed by atoms with E-state index in [2.05, 4.69) is 0 Å². The second-order valence-electron chi connectivity index (χ2n) is 3.24. The molecule has 15 heavy (non-hydrogen) atoms. The van der Waals surface area contributed by atoms with E-state index in [-0.39, 0.29) is 6.10 Å². The lowest BCUT2D eigenvalue weighted by Crippen LogP contribution is -2.38.